The van der Waals surface area contributed by atoms with Crippen molar-refractivity contribution in [2.45, 2.75) is 71.8 Å². The molecule has 0 aromatic heterocycles. The molecule has 0 radical (unpaired) electrons. The number of aryl methyl sites for hydroxylation is 1. The Balaban J connectivity index is 1.94. The van der Waals surface area contributed by atoms with Gasteiger partial charge in [0, 0.05) is 6.61 Å². The standard InChI is InChI=1S/C24H34O/c1-23(2,3)22-15-13-20(14-16-22)21-12-9-11-19(18-21)10-7-8-17-25-24(4,5)6/h9,11-16,18H,7-8,10,17H2,1-6H3. The summed E-state index contributed by atoms with van der Waals surface area (Å²) in [7, 11) is 0. The lowest BCUT2D eigenvalue weighted by molar-refractivity contribution is -0.00452. The third-order valence-corrected chi connectivity index (χ3v) is 4.41. The second-order valence-corrected chi connectivity index (χ2v) is 8.95. The van der Waals surface area contributed by atoms with Crippen LogP contribution >= 0.6 is 0 Å². The van der Waals surface area contributed by atoms with Crippen molar-refractivity contribution < 1.29 is 4.74 Å². The van der Waals surface area contributed by atoms with Crippen LogP contribution in [-0.2, 0) is 16.6 Å². The Labute approximate surface area is 154 Å². The van der Waals surface area contributed by atoms with Crippen LogP contribution in [0.1, 0.15) is 65.5 Å². The first-order valence-corrected chi connectivity index (χ1v) is 9.49. The quantitative estimate of drug-likeness (QED) is 0.527. The minimum absolute atomic E-state index is 0.0286. The second kappa shape index (κ2) is 8.19. The van der Waals surface area contributed by atoms with Crippen molar-refractivity contribution in [3.8, 4) is 11.1 Å². The van der Waals surface area contributed by atoms with Crippen LogP contribution in [0.2, 0.25) is 0 Å². The summed E-state index contributed by atoms with van der Waals surface area (Å²) >= 11 is 0. The van der Waals surface area contributed by atoms with Crippen molar-refractivity contribution in [3.63, 3.8) is 0 Å². The molecule has 0 aliphatic heterocycles. The van der Waals surface area contributed by atoms with E-state index in [1.807, 2.05) is 0 Å². The second-order valence-electron chi connectivity index (χ2n) is 8.95. The van der Waals surface area contributed by atoms with E-state index < -0.39 is 0 Å². The van der Waals surface area contributed by atoms with E-state index in [2.05, 4.69) is 90.1 Å². The normalized spacial score (nSPS) is 12.4. The topological polar surface area (TPSA) is 9.23 Å². The summed E-state index contributed by atoms with van der Waals surface area (Å²) in [6, 6.07) is 18.0. The highest BCUT2D eigenvalue weighted by molar-refractivity contribution is 5.64. The number of unbranched alkanes of at least 4 members (excludes halogenated alkanes) is 1. The van der Waals surface area contributed by atoms with Gasteiger partial charge in [0.2, 0.25) is 0 Å². The van der Waals surface area contributed by atoms with E-state index in [0.29, 0.717) is 0 Å². The molecular weight excluding hydrogens is 304 g/mol. The molecule has 1 heteroatoms. The average molecular weight is 339 g/mol. The van der Waals surface area contributed by atoms with Gasteiger partial charge in [0.1, 0.15) is 0 Å². The van der Waals surface area contributed by atoms with Crippen LogP contribution in [-0.4, -0.2) is 12.2 Å². The van der Waals surface area contributed by atoms with E-state index in [0.717, 1.165) is 19.4 Å². The van der Waals surface area contributed by atoms with Crippen LogP contribution in [0.5, 0.6) is 0 Å². The molecule has 0 amide bonds. The molecule has 0 N–H and O–H groups in total. The molecule has 0 fully saturated rings. The largest absolute Gasteiger partial charge is 0.376 e. The van der Waals surface area contributed by atoms with E-state index in [1.165, 1.54) is 28.7 Å². The van der Waals surface area contributed by atoms with Crippen molar-refractivity contribution in [1.29, 1.82) is 0 Å². The maximum Gasteiger partial charge on any atom is 0.0598 e. The molecule has 0 bridgehead atoms. The molecule has 0 spiro atoms. The van der Waals surface area contributed by atoms with Gasteiger partial charge in [0.15, 0.2) is 0 Å². The molecule has 0 saturated carbocycles. The number of ether oxygens (including phenoxy) is 1. The first-order valence-electron chi connectivity index (χ1n) is 9.49. The summed E-state index contributed by atoms with van der Waals surface area (Å²) in [6.07, 6.45) is 3.39. The summed E-state index contributed by atoms with van der Waals surface area (Å²) in [5.41, 5.74) is 5.57. The van der Waals surface area contributed by atoms with E-state index in [-0.39, 0.29) is 11.0 Å². The van der Waals surface area contributed by atoms with Crippen LogP contribution < -0.4 is 0 Å². The highest BCUT2D eigenvalue weighted by Crippen LogP contribution is 2.26. The maximum absolute atomic E-state index is 5.80. The highest BCUT2D eigenvalue weighted by Gasteiger charge is 2.13. The molecule has 2 aromatic rings. The molecule has 0 aliphatic carbocycles. The van der Waals surface area contributed by atoms with Gasteiger partial charge in [-0.2, -0.15) is 0 Å². The molecule has 136 valence electrons. The Morgan fingerprint density at radius 3 is 2.04 bits per heavy atom. The number of benzene rings is 2. The number of hydrogen-bond acceptors (Lipinski definition) is 1. The molecule has 0 atom stereocenters. The van der Waals surface area contributed by atoms with Gasteiger partial charge < -0.3 is 4.74 Å². The van der Waals surface area contributed by atoms with Crippen molar-refractivity contribution in [2.75, 3.05) is 6.61 Å². The fourth-order valence-electron chi connectivity index (χ4n) is 2.88. The molecule has 25 heavy (non-hydrogen) atoms. The van der Waals surface area contributed by atoms with Gasteiger partial charge in [-0.25, -0.2) is 0 Å². The Bertz CT molecular complexity index is 654. The summed E-state index contributed by atoms with van der Waals surface area (Å²) < 4.78 is 5.80. The van der Waals surface area contributed by atoms with Crippen molar-refractivity contribution in [3.05, 3.63) is 59.7 Å². The van der Waals surface area contributed by atoms with Crippen molar-refractivity contribution in [2.24, 2.45) is 0 Å². The summed E-state index contributed by atoms with van der Waals surface area (Å²) in [5, 5.41) is 0. The predicted molar refractivity (Wildman–Crippen MR) is 109 cm³/mol. The Morgan fingerprint density at radius 2 is 1.44 bits per heavy atom. The van der Waals surface area contributed by atoms with Crippen LogP contribution in [0, 0.1) is 0 Å². The lowest BCUT2D eigenvalue weighted by atomic mass is 9.86. The zero-order chi connectivity index (χ0) is 18.5. The highest BCUT2D eigenvalue weighted by atomic mass is 16.5. The first kappa shape index (κ1) is 19.7. The van der Waals surface area contributed by atoms with Gasteiger partial charge >= 0.3 is 0 Å². The van der Waals surface area contributed by atoms with Crippen LogP contribution in [0.25, 0.3) is 11.1 Å². The van der Waals surface area contributed by atoms with E-state index >= 15 is 0 Å². The monoisotopic (exact) mass is 338 g/mol. The minimum atomic E-state index is -0.0286. The lowest BCUT2D eigenvalue weighted by Crippen LogP contribution is -2.19. The van der Waals surface area contributed by atoms with Crippen LogP contribution in [0.4, 0.5) is 0 Å². The van der Waals surface area contributed by atoms with Crippen LogP contribution in [0.15, 0.2) is 48.5 Å². The summed E-state index contributed by atoms with van der Waals surface area (Å²) in [6.45, 7) is 14.0. The molecule has 0 aliphatic rings. The van der Waals surface area contributed by atoms with E-state index in [4.69, 9.17) is 4.74 Å². The number of hydrogen-bond donors (Lipinski definition) is 0. The SMILES string of the molecule is CC(C)(C)OCCCCc1cccc(-c2ccc(C(C)(C)C)cc2)c1. The molecule has 0 unspecified atom stereocenters. The van der Waals surface area contributed by atoms with Gasteiger partial charge in [0.05, 0.1) is 5.60 Å². The van der Waals surface area contributed by atoms with Crippen molar-refractivity contribution >= 4 is 0 Å². The molecule has 2 rings (SSSR count). The molecule has 2 aromatic carbocycles. The van der Waals surface area contributed by atoms with Gasteiger partial charge in [-0.3, -0.25) is 0 Å². The van der Waals surface area contributed by atoms with Crippen LogP contribution in [0.3, 0.4) is 0 Å². The Hall–Kier alpha value is -1.60. The van der Waals surface area contributed by atoms with Crippen molar-refractivity contribution in [1.82, 2.24) is 0 Å². The zero-order valence-electron chi connectivity index (χ0n) is 16.9. The maximum atomic E-state index is 5.80. The number of rotatable bonds is 6. The molecule has 1 nitrogen and oxygen atoms in total. The lowest BCUT2D eigenvalue weighted by Gasteiger charge is -2.19. The first-order chi connectivity index (χ1) is 11.6. The predicted octanol–water partition coefficient (Wildman–Crippen LogP) is 6.79. The Morgan fingerprint density at radius 1 is 0.760 bits per heavy atom. The van der Waals surface area contributed by atoms with E-state index in [9.17, 15) is 0 Å². The van der Waals surface area contributed by atoms with Gasteiger partial charge in [-0.05, 0) is 67.7 Å². The smallest absolute Gasteiger partial charge is 0.0598 e. The van der Waals surface area contributed by atoms with Gasteiger partial charge in [-0.1, -0.05) is 69.3 Å². The zero-order valence-corrected chi connectivity index (χ0v) is 16.9. The fourth-order valence-corrected chi connectivity index (χ4v) is 2.88. The minimum Gasteiger partial charge on any atom is -0.376 e. The van der Waals surface area contributed by atoms with E-state index in [1.54, 1.807) is 0 Å². The fraction of sp³-hybridized carbons (Fsp3) is 0.500. The molecule has 0 saturated heterocycles. The summed E-state index contributed by atoms with van der Waals surface area (Å²) in [5.74, 6) is 0. The summed E-state index contributed by atoms with van der Waals surface area (Å²) in [4.78, 5) is 0. The Kier molecular flexibility index (Phi) is 6.46. The third-order valence-electron chi connectivity index (χ3n) is 4.41. The average Bonchev–Trinajstić information content (AvgIpc) is 2.53. The third kappa shape index (κ3) is 6.66. The van der Waals surface area contributed by atoms with Gasteiger partial charge in [0.25, 0.3) is 0 Å². The molecular formula is C24H34O. The molecule has 0 heterocycles. The van der Waals surface area contributed by atoms with Gasteiger partial charge in [-0.15, -0.1) is 0 Å².